The van der Waals surface area contributed by atoms with Crippen molar-refractivity contribution >= 4 is 21.7 Å². The molecule has 1 aliphatic heterocycles. The second kappa shape index (κ2) is 4.63. The Morgan fingerprint density at radius 1 is 1.24 bits per heavy atom. The van der Waals surface area contributed by atoms with Gasteiger partial charge in [0, 0.05) is 11.9 Å². The molecule has 0 fully saturated rings. The number of pyridine rings is 2. The third-order valence-corrected chi connectivity index (χ3v) is 5.00. The molecule has 1 aliphatic rings. The van der Waals surface area contributed by atoms with Crippen LogP contribution in [0, 0.1) is 13.8 Å². The van der Waals surface area contributed by atoms with Gasteiger partial charge in [0.05, 0.1) is 12.1 Å². The average molecular weight is 303 g/mol. The van der Waals surface area contributed by atoms with Gasteiger partial charge in [0.25, 0.3) is 10.0 Å². The lowest BCUT2D eigenvalue weighted by molar-refractivity contribution is -0.117. The number of aryl methyl sites for hydroxylation is 2. The summed E-state index contributed by atoms with van der Waals surface area (Å²) in [6, 6.07) is 6.41. The Balaban J connectivity index is 2.22. The lowest BCUT2D eigenvalue weighted by atomic mass is 10.2. The lowest BCUT2D eigenvalue weighted by Crippen LogP contribution is -2.43. The van der Waals surface area contributed by atoms with Crippen LogP contribution in [0.15, 0.2) is 35.4 Å². The van der Waals surface area contributed by atoms with E-state index in [0.29, 0.717) is 5.69 Å². The second-order valence-electron chi connectivity index (χ2n) is 4.93. The van der Waals surface area contributed by atoms with Crippen molar-refractivity contribution in [1.82, 2.24) is 9.97 Å². The fraction of sp³-hybridized carbons (Fsp3) is 0.214. The standard InChI is InChI=1S/C14H13N3O3S/c1-9-6-10(2)16-13(7-9)17-14(18)8-11-12(21(17,19)20)4-3-5-15-11/h3-7H,8H2,1-2H3. The Morgan fingerprint density at radius 3 is 2.71 bits per heavy atom. The number of hydrogen-bond donors (Lipinski definition) is 0. The van der Waals surface area contributed by atoms with Gasteiger partial charge in [0.1, 0.15) is 4.90 Å². The Bertz CT molecular complexity index is 826. The number of carbonyl (C=O) groups excluding carboxylic acids is 1. The monoisotopic (exact) mass is 303 g/mol. The van der Waals surface area contributed by atoms with Gasteiger partial charge in [-0.15, -0.1) is 0 Å². The molecule has 3 rings (SSSR count). The molecule has 2 aromatic heterocycles. The Kier molecular flexibility index (Phi) is 3.02. The summed E-state index contributed by atoms with van der Waals surface area (Å²) in [7, 11) is -3.96. The molecule has 3 heterocycles. The summed E-state index contributed by atoms with van der Waals surface area (Å²) in [5.74, 6) is -0.411. The van der Waals surface area contributed by atoms with Gasteiger partial charge < -0.3 is 0 Å². The normalized spacial score (nSPS) is 16.7. The van der Waals surface area contributed by atoms with Gasteiger partial charge in [-0.2, -0.15) is 4.31 Å². The highest BCUT2D eigenvalue weighted by Crippen LogP contribution is 2.29. The minimum absolute atomic E-state index is 0.0515. The molecule has 0 aliphatic carbocycles. The molecule has 0 unspecified atom stereocenters. The zero-order valence-corrected chi connectivity index (χ0v) is 12.4. The molecule has 0 bridgehead atoms. The van der Waals surface area contributed by atoms with Crippen LogP contribution in [0.2, 0.25) is 0 Å². The van der Waals surface area contributed by atoms with E-state index >= 15 is 0 Å². The molecule has 1 amide bonds. The number of nitrogens with zero attached hydrogens (tertiary/aromatic N) is 3. The van der Waals surface area contributed by atoms with Crippen LogP contribution < -0.4 is 4.31 Å². The SMILES string of the molecule is Cc1cc(C)nc(N2C(=O)Cc3ncccc3S2(=O)=O)c1. The van der Waals surface area contributed by atoms with Gasteiger partial charge in [0.15, 0.2) is 5.82 Å². The van der Waals surface area contributed by atoms with E-state index in [2.05, 4.69) is 9.97 Å². The van der Waals surface area contributed by atoms with Crippen LogP contribution >= 0.6 is 0 Å². The Labute approximate surface area is 122 Å². The fourth-order valence-electron chi connectivity index (χ4n) is 2.41. The van der Waals surface area contributed by atoms with Gasteiger partial charge >= 0.3 is 0 Å². The number of carbonyl (C=O) groups is 1. The lowest BCUT2D eigenvalue weighted by Gasteiger charge is -2.27. The van der Waals surface area contributed by atoms with E-state index in [0.717, 1.165) is 9.87 Å². The molecule has 0 aromatic carbocycles. The topological polar surface area (TPSA) is 80.2 Å². The third-order valence-electron chi connectivity index (χ3n) is 3.20. The van der Waals surface area contributed by atoms with E-state index in [1.165, 1.54) is 12.3 Å². The number of fused-ring (bicyclic) bond motifs is 1. The Morgan fingerprint density at radius 2 is 2.00 bits per heavy atom. The molecule has 0 spiro atoms. The molecule has 0 atom stereocenters. The molecule has 0 saturated carbocycles. The van der Waals surface area contributed by atoms with Gasteiger partial charge in [-0.05, 0) is 43.7 Å². The van der Waals surface area contributed by atoms with Crippen molar-refractivity contribution < 1.29 is 13.2 Å². The highest BCUT2D eigenvalue weighted by molar-refractivity contribution is 7.93. The van der Waals surface area contributed by atoms with Crippen LogP contribution in [-0.2, 0) is 21.2 Å². The summed E-state index contributed by atoms with van der Waals surface area (Å²) >= 11 is 0. The molecule has 0 radical (unpaired) electrons. The zero-order valence-electron chi connectivity index (χ0n) is 11.6. The van der Waals surface area contributed by atoms with E-state index in [1.54, 1.807) is 19.1 Å². The molecule has 6 nitrogen and oxygen atoms in total. The number of amides is 1. The van der Waals surface area contributed by atoms with Gasteiger partial charge in [-0.3, -0.25) is 9.78 Å². The fourth-order valence-corrected chi connectivity index (χ4v) is 3.96. The van der Waals surface area contributed by atoms with E-state index in [1.807, 2.05) is 13.0 Å². The van der Waals surface area contributed by atoms with E-state index in [4.69, 9.17) is 0 Å². The third kappa shape index (κ3) is 2.19. The highest BCUT2D eigenvalue weighted by atomic mass is 32.2. The van der Waals surface area contributed by atoms with Crippen molar-refractivity contribution in [3.8, 4) is 0 Å². The van der Waals surface area contributed by atoms with Crippen LogP contribution in [0.3, 0.4) is 0 Å². The van der Waals surface area contributed by atoms with Gasteiger partial charge in [-0.1, -0.05) is 0 Å². The molecule has 0 N–H and O–H groups in total. The summed E-state index contributed by atoms with van der Waals surface area (Å²) in [5.41, 5.74) is 1.78. The summed E-state index contributed by atoms with van der Waals surface area (Å²) in [6.07, 6.45) is 1.43. The predicted molar refractivity (Wildman–Crippen MR) is 76.3 cm³/mol. The first-order chi connectivity index (χ1) is 9.89. The maximum atomic E-state index is 12.7. The summed E-state index contributed by atoms with van der Waals surface area (Å²) < 4.78 is 26.1. The quantitative estimate of drug-likeness (QED) is 0.795. The number of sulfonamides is 1. The largest absolute Gasteiger partial charge is 0.273 e. The summed E-state index contributed by atoms with van der Waals surface area (Å²) in [6.45, 7) is 3.59. The highest BCUT2D eigenvalue weighted by Gasteiger charge is 2.39. The predicted octanol–water partition coefficient (Wildman–Crippen LogP) is 1.37. The van der Waals surface area contributed by atoms with Crippen LogP contribution in [0.1, 0.15) is 17.0 Å². The molecule has 7 heteroatoms. The first-order valence-corrected chi connectivity index (χ1v) is 7.81. The van der Waals surface area contributed by atoms with Crippen molar-refractivity contribution in [2.75, 3.05) is 4.31 Å². The number of anilines is 1. The number of rotatable bonds is 1. The van der Waals surface area contributed by atoms with Crippen molar-refractivity contribution in [3.05, 3.63) is 47.4 Å². The molecule has 21 heavy (non-hydrogen) atoms. The molecular weight excluding hydrogens is 290 g/mol. The van der Waals surface area contributed by atoms with Crippen LogP contribution in [0.5, 0.6) is 0 Å². The van der Waals surface area contributed by atoms with Crippen LogP contribution in [0.4, 0.5) is 5.82 Å². The van der Waals surface area contributed by atoms with E-state index in [9.17, 15) is 13.2 Å². The molecular formula is C14H13N3O3S. The minimum Gasteiger partial charge on any atom is -0.273 e. The summed E-state index contributed by atoms with van der Waals surface area (Å²) in [4.78, 5) is 20.5. The Hall–Kier alpha value is -2.28. The maximum Gasteiger partial charge on any atom is 0.273 e. The second-order valence-corrected chi connectivity index (χ2v) is 6.69. The molecule has 0 saturated heterocycles. The average Bonchev–Trinajstić information content (AvgIpc) is 2.36. The minimum atomic E-state index is -3.96. The number of aromatic nitrogens is 2. The van der Waals surface area contributed by atoms with Crippen LogP contribution in [-0.4, -0.2) is 24.3 Å². The molecule has 108 valence electrons. The van der Waals surface area contributed by atoms with Crippen molar-refractivity contribution in [2.24, 2.45) is 0 Å². The van der Waals surface area contributed by atoms with Crippen LogP contribution in [0.25, 0.3) is 0 Å². The van der Waals surface area contributed by atoms with E-state index < -0.39 is 15.9 Å². The van der Waals surface area contributed by atoms with E-state index in [-0.39, 0.29) is 22.8 Å². The maximum absolute atomic E-state index is 12.7. The summed E-state index contributed by atoms with van der Waals surface area (Å²) in [5, 5.41) is 0. The van der Waals surface area contributed by atoms with Gasteiger partial charge in [-0.25, -0.2) is 13.4 Å². The zero-order chi connectivity index (χ0) is 15.2. The van der Waals surface area contributed by atoms with Gasteiger partial charge in [0.2, 0.25) is 5.91 Å². The van der Waals surface area contributed by atoms with Crippen molar-refractivity contribution in [1.29, 1.82) is 0 Å². The smallest absolute Gasteiger partial charge is 0.273 e. The number of hydrogen-bond acceptors (Lipinski definition) is 5. The first-order valence-electron chi connectivity index (χ1n) is 6.37. The van der Waals surface area contributed by atoms with Crippen molar-refractivity contribution in [3.63, 3.8) is 0 Å². The van der Waals surface area contributed by atoms with Crippen molar-refractivity contribution in [2.45, 2.75) is 25.2 Å². The molecule has 2 aromatic rings. The first kappa shape index (κ1) is 13.7.